The molecule has 0 aliphatic carbocycles. The first kappa shape index (κ1) is 17.9. The van der Waals surface area contributed by atoms with Gasteiger partial charge < -0.3 is 10.6 Å². The quantitative estimate of drug-likeness (QED) is 0.500. The molecule has 2 aromatic heterocycles. The van der Waals surface area contributed by atoms with Gasteiger partial charge in [0.2, 0.25) is 5.95 Å². The fourth-order valence-electron chi connectivity index (χ4n) is 2.82. The van der Waals surface area contributed by atoms with E-state index in [0.717, 1.165) is 23.2 Å². The van der Waals surface area contributed by atoms with Gasteiger partial charge in [-0.15, -0.1) is 0 Å². The monoisotopic (exact) mass is 376 g/mol. The summed E-state index contributed by atoms with van der Waals surface area (Å²) in [6, 6.07) is 16.2. The first-order valence-corrected chi connectivity index (χ1v) is 9.24. The first-order chi connectivity index (χ1) is 13.6. The molecule has 2 heterocycles. The van der Waals surface area contributed by atoms with Gasteiger partial charge in [0.05, 0.1) is 17.3 Å². The van der Waals surface area contributed by atoms with Gasteiger partial charge in [-0.2, -0.15) is 15.1 Å². The summed E-state index contributed by atoms with van der Waals surface area (Å²) in [7, 11) is 0. The molecule has 0 fully saturated rings. The van der Waals surface area contributed by atoms with Crippen LogP contribution in [0, 0.1) is 5.82 Å². The normalized spacial score (nSPS) is 12.1. The third kappa shape index (κ3) is 3.64. The van der Waals surface area contributed by atoms with Crippen LogP contribution in [-0.2, 0) is 0 Å². The lowest BCUT2D eigenvalue weighted by molar-refractivity contribution is 0.628. The van der Waals surface area contributed by atoms with Crippen molar-refractivity contribution < 1.29 is 4.39 Å². The van der Waals surface area contributed by atoms with E-state index >= 15 is 0 Å². The summed E-state index contributed by atoms with van der Waals surface area (Å²) in [6.07, 6.45) is 2.68. The molecule has 0 spiro atoms. The van der Waals surface area contributed by atoms with Crippen LogP contribution < -0.4 is 10.6 Å². The Hall–Kier alpha value is -3.48. The van der Waals surface area contributed by atoms with E-state index in [0.29, 0.717) is 17.4 Å². The highest BCUT2D eigenvalue weighted by atomic mass is 19.1. The summed E-state index contributed by atoms with van der Waals surface area (Å²) >= 11 is 0. The van der Waals surface area contributed by atoms with Crippen molar-refractivity contribution in [2.75, 3.05) is 10.6 Å². The summed E-state index contributed by atoms with van der Waals surface area (Å²) in [5.41, 5.74) is 2.35. The molecule has 0 saturated heterocycles. The molecule has 0 aliphatic rings. The molecule has 0 amide bonds. The summed E-state index contributed by atoms with van der Waals surface area (Å²) in [6.45, 7) is 4.18. The number of halogens is 1. The Balaban J connectivity index is 1.82. The van der Waals surface area contributed by atoms with Crippen molar-refractivity contribution in [2.24, 2.45) is 0 Å². The molecule has 0 aliphatic heterocycles. The van der Waals surface area contributed by atoms with E-state index in [1.165, 1.54) is 12.1 Å². The van der Waals surface area contributed by atoms with Crippen molar-refractivity contribution in [3.05, 3.63) is 66.6 Å². The molecular formula is C21H21FN6. The molecule has 2 aromatic carbocycles. The predicted molar refractivity (Wildman–Crippen MR) is 110 cm³/mol. The van der Waals surface area contributed by atoms with E-state index in [9.17, 15) is 4.39 Å². The smallest absolute Gasteiger partial charge is 0.226 e. The number of nitrogens with one attached hydrogen (secondary N) is 2. The van der Waals surface area contributed by atoms with Gasteiger partial charge >= 0.3 is 0 Å². The van der Waals surface area contributed by atoms with Crippen molar-refractivity contribution in [1.29, 1.82) is 0 Å². The molecule has 4 aromatic rings. The maximum absolute atomic E-state index is 13.2. The fourth-order valence-corrected chi connectivity index (χ4v) is 2.82. The maximum atomic E-state index is 13.2. The van der Waals surface area contributed by atoms with Gasteiger partial charge in [-0.25, -0.2) is 9.07 Å². The number of hydrogen-bond donors (Lipinski definition) is 2. The van der Waals surface area contributed by atoms with Crippen molar-refractivity contribution >= 4 is 28.5 Å². The third-order valence-corrected chi connectivity index (χ3v) is 4.52. The van der Waals surface area contributed by atoms with Gasteiger partial charge in [-0.3, -0.25) is 0 Å². The third-order valence-electron chi connectivity index (χ3n) is 4.52. The lowest BCUT2D eigenvalue weighted by atomic mass is 10.2. The lowest BCUT2D eigenvalue weighted by Gasteiger charge is -2.14. The summed E-state index contributed by atoms with van der Waals surface area (Å²) < 4.78 is 15.0. The average molecular weight is 376 g/mol. The van der Waals surface area contributed by atoms with E-state index in [4.69, 9.17) is 4.98 Å². The Kier molecular flexibility index (Phi) is 4.89. The molecule has 0 radical (unpaired) electrons. The summed E-state index contributed by atoms with van der Waals surface area (Å²) in [5.74, 6) is 0.850. The Morgan fingerprint density at radius 3 is 2.50 bits per heavy atom. The predicted octanol–water partition coefficient (Wildman–Crippen LogP) is 4.91. The Morgan fingerprint density at radius 2 is 1.79 bits per heavy atom. The van der Waals surface area contributed by atoms with Crippen molar-refractivity contribution in [2.45, 2.75) is 26.3 Å². The van der Waals surface area contributed by atoms with E-state index in [-0.39, 0.29) is 11.9 Å². The zero-order valence-corrected chi connectivity index (χ0v) is 15.7. The molecular weight excluding hydrogens is 355 g/mol. The van der Waals surface area contributed by atoms with E-state index < -0.39 is 0 Å². The zero-order chi connectivity index (χ0) is 19.5. The molecule has 1 unspecified atom stereocenters. The highest BCUT2D eigenvalue weighted by Gasteiger charge is 2.15. The van der Waals surface area contributed by atoms with Crippen LogP contribution in [0.2, 0.25) is 0 Å². The number of anilines is 3. The molecule has 28 heavy (non-hydrogen) atoms. The second-order valence-corrected chi connectivity index (χ2v) is 6.61. The van der Waals surface area contributed by atoms with Gasteiger partial charge in [0, 0.05) is 11.7 Å². The summed E-state index contributed by atoms with van der Waals surface area (Å²) in [4.78, 5) is 9.33. The highest BCUT2D eigenvalue weighted by Crippen LogP contribution is 2.27. The molecule has 6 nitrogen and oxygen atoms in total. The molecule has 4 rings (SSSR count). The average Bonchev–Trinajstić information content (AvgIpc) is 3.14. The molecule has 142 valence electrons. The summed E-state index contributed by atoms with van der Waals surface area (Å²) in [5, 5.41) is 11.9. The van der Waals surface area contributed by atoms with Crippen LogP contribution in [-0.4, -0.2) is 25.8 Å². The van der Waals surface area contributed by atoms with Gasteiger partial charge in [0.25, 0.3) is 0 Å². The number of nitrogens with zero attached hydrogens (tertiary/aromatic N) is 4. The zero-order valence-electron chi connectivity index (χ0n) is 15.7. The SMILES string of the molecule is CCC(C)Nc1nc(Nc2ccc(F)cc2)c2cnn(-c3ccccc3)c2n1. The van der Waals surface area contributed by atoms with Crippen molar-refractivity contribution in [3.63, 3.8) is 0 Å². The van der Waals surface area contributed by atoms with Crippen LogP contribution in [0.5, 0.6) is 0 Å². The van der Waals surface area contributed by atoms with Crippen LogP contribution in [0.15, 0.2) is 60.8 Å². The fraction of sp³-hybridized carbons (Fsp3) is 0.190. The Morgan fingerprint density at radius 1 is 1.04 bits per heavy atom. The molecule has 0 saturated carbocycles. The standard InChI is InChI=1S/C21H21FN6/c1-3-14(2)24-21-26-19(25-16-11-9-15(22)10-12-16)18-13-23-28(20(18)27-21)17-7-5-4-6-8-17/h4-14H,3H2,1-2H3,(H2,24,25,26,27). The van der Waals surface area contributed by atoms with E-state index in [2.05, 4.69) is 34.6 Å². The largest absolute Gasteiger partial charge is 0.352 e. The van der Waals surface area contributed by atoms with Gasteiger partial charge in [0.1, 0.15) is 11.6 Å². The Bertz CT molecular complexity index is 1080. The number of para-hydroxylation sites is 1. The van der Waals surface area contributed by atoms with E-state index in [1.807, 2.05) is 30.3 Å². The second kappa shape index (κ2) is 7.64. The minimum atomic E-state index is -0.283. The maximum Gasteiger partial charge on any atom is 0.226 e. The molecule has 1 atom stereocenters. The van der Waals surface area contributed by atoms with Crippen LogP contribution in [0.25, 0.3) is 16.7 Å². The Labute approximate surface area is 162 Å². The van der Waals surface area contributed by atoms with Crippen molar-refractivity contribution in [3.8, 4) is 5.69 Å². The minimum absolute atomic E-state index is 0.226. The molecule has 0 bridgehead atoms. The van der Waals surface area contributed by atoms with Gasteiger partial charge in [0.15, 0.2) is 5.65 Å². The molecule has 2 N–H and O–H groups in total. The minimum Gasteiger partial charge on any atom is -0.352 e. The number of fused-ring (bicyclic) bond motifs is 1. The lowest BCUT2D eigenvalue weighted by Crippen LogP contribution is -2.16. The van der Waals surface area contributed by atoms with Crippen LogP contribution >= 0.6 is 0 Å². The van der Waals surface area contributed by atoms with Crippen LogP contribution in [0.4, 0.5) is 21.8 Å². The topological polar surface area (TPSA) is 67.7 Å². The van der Waals surface area contributed by atoms with Crippen LogP contribution in [0.3, 0.4) is 0 Å². The molecule has 7 heteroatoms. The van der Waals surface area contributed by atoms with Crippen LogP contribution in [0.1, 0.15) is 20.3 Å². The number of hydrogen-bond acceptors (Lipinski definition) is 5. The number of rotatable bonds is 6. The second-order valence-electron chi connectivity index (χ2n) is 6.61. The van der Waals surface area contributed by atoms with Crippen molar-refractivity contribution in [1.82, 2.24) is 19.7 Å². The van der Waals surface area contributed by atoms with Gasteiger partial charge in [-0.05, 0) is 49.7 Å². The number of benzene rings is 2. The van der Waals surface area contributed by atoms with E-state index in [1.54, 1.807) is 23.0 Å². The highest BCUT2D eigenvalue weighted by molar-refractivity contribution is 5.90. The first-order valence-electron chi connectivity index (χ1n) is 9.24. The number of aromatic nitrogens is 4. The van der Waals surface area contributed by atoms with Gasteiger partial charge in [-0.1, -0.05) is 25.1 Å².